The maximum absolute atomic E-state index is 13.2. The second-order valence-electron chi connectivity index (χ2n) is 5.99. The molecule has 2 rings (SSSR count). The van der Waals surface area contributed by atoms with E-state index in [9.17, 15) is 8.42 Å². The molecule has 136 valence electrons. The number of benzene rings is 1. The van der Waals surface area contributed by atoms with Crippen molar-refractivity contribution < 1.29 is 13.2 Å². The van der Waals surface area contributed by atoms with Gasteiger partial charge in [-0.15, -0.1) is 0 Å². The number of hydrogen-bond donors (Lipinski definition) is 0. The highest BCUT2D eigenvalue weighted by Crippen LogP contribution is 2.29. The highest BCUT2D eigenvalue weighted by atomic mass is 32.2. The Balaban J connectivity index is 2.31. The van der Waals surface area contributed by atoms with Crippen LogP contribution in [0, 0.1) is 13.8 Å². The fourth-order valence-electron chi connectivity index (χ4n) is 2.80. The molecule has 0 unspecified atom stereocenters. The third-order valence-corrected chi connectivity index (χ3v) is 6.39. The first-order valence-electron chi connectivity index (χ1n) is 8.46. The van der Waals surface area contributed by atoms with Crippen LogP contribution in [0.15, 0.2) is 41.4 Å². The van der Waals surface area contributed by atoms with Crippen LogP contribution in [0.1, 0.15) is 30.2 Å². The lowest BCUT2D eigenvalue weighted by Gasteiger charge is -2.23. The van der Waals surface area contributed by atoms with Crippen LogP contribution in [-0.4, -0.2) is 37.9 Å². The van der Waals surface area contributed by atoms with Gasteiger partial charge in [-0.3, -0.25) is 4.98 Å². The summed E-state index contributed by atoms with van der Waals surface area (Å²) in [5.74, 6) is 0.701. The predicted octanol–water partition coefficient (Wildman–Crippen LogP) is 3.35. The van der Waals surface area contributed by atoms with Gasteiger partial charge >= 0.3 is 0 Å². The molecule has 1 heterocycles. The zero-order chi connectivity index (χ0) is 18.4. The molecule has 0 aliphatic heterocycles. The molecule has 0 fully saturated rings. The van der Waals surface area contributed by atoms with Gasteiger partial charge in [-0.25, -0.2) is 8.42 Å². The van der Waals surface area contributed by atoms with Crippen LogP contribution in [0.3, 0.4) is 0 Å². The zero-order valence-corrected chi connectivity index (χ0v) is 16.1. The lowest BCUT2D eigenvalue weighted by atomic mass is 10.1. The third-order valence-electron chi connectivity index (χ3n) is 4.34. The summed E-state index contributed by atoms with van der Waals surface area (Å²) in [5.41, 5.74) is 2.48. The van der Waals surface area contributed by atoms with E-state index in [4.69, 9.17) is 4.74 Å². The van der Waals surface area contributed by atoms with E-state index in [0.29, 0.717) is 30.2 Å². The van der Waals surface area contributed by atoms with Crippen molar-refractivity contribution in [1.82, 2.24) is 9.29 Å². The summed E-state index contributed by atoms with van der Waals surface area (Å²) in [5, 5.41) is 0. The van der Waals surface area contributed by atoms with Gasteiger partial charge in [-0.2, -0.15) is 4.31 Å². The SMILES string of the molecule is CCCN(CCc1ccccn1)S(=O)(=O)c1ccc(OC)c(C)c1C. The molecule has 25 heavy (non-hydrogen) atoms. The molecule has 0 N–H and O–H groups in total. The summed E-state index contributed by atoms with van der Waals surface area (Å²) < 4.78 is 33.2. The molecule has 0 aliphatic rings. The Morgan fingerprint density at radius 2 is 1.84 bits per heavy atom. The van der Waals surface area contributed by atoms with Crippen molar-refractivity contribution in [2.24, 2.45) is 0 Å². The van der Waals surface area contributed by atoms with E-state index in [0.717, 1.165) is 23.2 Å². The van der Waals surface area contributed by atoms with E-state index in [1.54, 1.807) is 29.7 Å². The van der Waals surface area contributed by atoms with Gasteiger partial charge in [0.05, 0.1) is 12.0 Å². The molecule has 0 saturated heterocycles. The van der Waals surface area contributed by atoms with Gasteiger partial charge in [-0.1, -0.05) is 13.0 Å². The highest BCUT2D eigenvalue weighted by Gasteiger charge is 2.26. The molecule has 5 nitrogen and oxygen atoms in total. The minimum absolute atomic E-state index is 0.347. The summed E-state index contributed by atoms with van der Waals surface area (Å²) in [6, 6.07) is 9.04. The van der Waals surface area contributed by atoms with Crippen molar-refractivity contribution in [3.63, 3.8) is 0 Å². The Bertz CT molecular complexity index is 805. The lowest BCUT2D eigenvalue weighted by molar-refractivity contribution is 0.407. The number of rotatable bonds is 8. The average molecular weight is 362 g/mol. The molecular formula is C19H26N2O3S. The monoisotopic (exact) mass is 362 g/mol. The molecule has 0 aliphatic carbocycles. The Morgan fingerprint density at radius 1 is 1.08 bits per heavy atom. The normalized spacial score (nSPS) is 11.7. The maximum Gasteiger partial charge on any atom is 0.243 e. The molecule has 1 aromatic carbocycles. The van der Waals surface area contributed by atoms with Crippen molar-refractivity contribution >= 4 is 10.0 Å². The molecule has 0 spiro atoms. The largest absolute Gasteiger partial charge is 0.496 e. The molecule has 0 bridgehead atoms. The number of sulfonamides is 1. The number of methoxy groups -OCH3 is 1. The smallest absolute Gasteiger partial charge is 0.243 e. The number of nitrogens with zero attached hydrogens (tertiary/aromatic N) is 2. The van der Waals surface area contributed by atoms with Gasteiger partial charge in [0, 0.05) is 31.4 Å². The van der Waals surface area contributed by atoms with E-state index < -0.39 is 10.0 Å². The minimum Gasteiger partial charge on any atom is -0.496 e. The minimum atomic E-state index is -3.56. The van der Waals surface area contributed by atoms with E-state index >= 15 is 0 Å². The lowest BCUT2D eigenvalue weighted by Crippen LogP contribution is -2.34. The van der Waals surface area contributed by atoms with Crippen molar-refractivity contribution in [2.45, 2.75) is 38.5 Å². The van der Waals surface area contributed by atoms with Crippen molar-refractivity contribution in [3.05, 3.63) is 53.3 Å². The van der Waals surface area contributed by atoms with Gasteiger partial charge in [0.15, 0.2) is 0 Å². The first-order valence-corrected chi connectivity index (χ1v) is 9.90. The van der Waals surface area contributed by atoms with Crippen LogP contribution in [0.2, 0.25) is 0 Å². The molecule has 0 radical (unpaired) electrons. The maximum atomic E-state index is 13.2. The molecule has 0 saturated carbocycles. The average Bonchev–Trinajstić information content (AvgIpc) is 2.61. The standard InChI is InChI=1S/C19H26N2O3S/c1-5-13-21(14-11-17-8-6-7-12-20-17)25(22,23)19-10-9-18(24-4)15(2)16(19)3/h6-10,12H,5,11,13-14H2,1-4H3. The fraction of sp³-hybridized carbons (Fsp3) is 0.421. The molecular weight excluding hydrogens is 336 g/mol. The van der Waals surface area contributed by atoms with Gasteiger partial charge < -0.3 is 4.74 Å². The van der Waals surface area contributed by atoms with Gasteiger partial charge in [0.1, 0.15) is 5.75 Å². The Hall–Kier alpha value is -1.92. The Kier molecular flexibility index (Phi) is 6.56. The zero-order valence-electron chi connectivity index (χ0n) is 15.3. The van der Waals surface area contributed by atoms with Crippen LogP contribution in [-0.2, 0) is 16.4 Å². The van der Waals surface area contributed by atoms with Crippen LogP contribution >= 0.6 is 0 Å². The van der Waals surface area contributed by atoms with Gasteiger partial charge in [0.2, 0.25) is 10.0 Å². The van der Waals surface area contributed by atoms with Crippen LogP contribution in [0.4, 0.5) is 0 Å². The first kappa shape index (κ1) is 19.4. The van der Waals surface area contributed by atoms with E-state index in [2.05, 4.69) is 4.98 Å². The van der Waals surface area contributed by atoms with Gasteiger partial charge in [0.25, 0.3) is 0 Å². The van der Waals surface area contributed by atoms with Crippen molar-refractivity contribution in [3.8, 4) is 5.75 Å². The second kappa shape index (κ2) is 8.45. The number of aromatic nitrogens is 1. The van der Waals surface area contributed by atoms with Gasteiger partial charge in [-0.05, 0) is 55.7 Å². The molecule has 0 amide bonds. The predicted molar refractivity (Wildman–Crippen MR) is 99.5 cm³/mol. The molecule has 1 aromatic heterocycles. The first-order chi connectivity index (χ1) is 11.9. The summed E-state index contributed by atoms with van der Waals surface area (Å²) in [7, 11) is -1.97. The number of hydrogen-bond acceptors (Lipinski definition) is 4. The van der Waals surface area contributed by atoms with E-state index in [1.165, 1.54) is 0 Å². The summed E-state index contributed by atoms with van der Waals surface area (Å²) in [6.45, 7) is 6.59. The molecule has 0 atom stereocenters. The van der Waals surface area contributed by atoms with E-state index in [-0.39, 0.29) is 0 Å². The quantitative estimate of drug-likeness (QED) is 0.722. The van der Waals surface area contributed by atoms with Crippen molar-refractivity contribution in [2.75, 3.05) is 20.2 Å². The third kappa shape index (κ3) is 4.38. The summed E-state index contributed by atoms with van der Waals surface area (Å²) in [4.78, 5) is 4.63. The fourth-order valence-corrected chi connectivity index (χ4v) is 4.61. The molecule has 6 heteroatoms. The highest BCUT2D eigenvalue weighted by molar-refractivity contribution is 7.89. The summed E-state index contributed by atoms with van der Waals surface area (Å²) >= 11 is 0. The van der Waals surface area contributed by atoms with Crippen LogP contribution in [0.5, 0.6) is 5.75 Å². The van der Waals surface area contributed by atoms with Crippen LogP contribution < -0.4 is 4.74 Å². The van der Waals surface area contributed by atoms with Crippen molar-refractivity contribution in [1.29, 1.82) is 0 Å². The summed E-state index contributed by atoms with van der Waals surface area (Å²) in [6.07, 6.45) is 3.08. The number of pyridine rings is 1. The van der Waals surface area contributed by atoms with E-state index in [1.807, 2.05) is 39.0 Å². The Morgan fingerprint density at radius 3 is 2.44 bits per heavy atom. The number of ether oxygens (including phenoxy) is 1. The second-order valence-corrected chi connectivity index (χ2v) is 7.90. The molecule has 2 aromatic rings. The topological polar surface area (TPSA) is 59.5 Å². The van der Waals surface area contributed by atoms with Crippen LogP contribution in [0.25, 0.3) is 0 Å². The Labute approximate surface area is 150 Å².